The Morgan fingerprint density at radius 2 is 2.31 bits per heavy atom. The second-order valence-corrected chi connectivity index (χ2v) is 6.68. The molecular weight excluding hydrogens is 358 g/mol. The maximum atomic E-state index is 14.4. The molecule has 2 atom stereocenters. The molecule has 138 valence electrons. The molecule has 4 nitrogen and oxygen atoms in total. The van der Waals surface area contributed by atoms with Crippen LogP contribution in [0.4, 0.5) is 8.78 Å². The molecule has 1 aliphatic rings. The van der Waals surface area contributed by atoms with Gasteiger partial charge in [0.05, 0.1) is 6.20 Å². The second-order valence-electron chi connectivity index (χ2n) is 6.44. The summed E-state index contributed by atoms with van der Waals surface area (Å²) in [7, 11) is 0. The van der Waals surface area contributed by atoms with Gasteiger partial charge in [0.25, 0.3) is 0 Å². The minimum atomic E-state index is -0.835. The van der Waals surface area contributed by atoms with Gasteiger partial charge in [0.2, 0.25) is 0 Å². The summed E-state index contributed by atoms with van der Waals surface area (Å²) in [5.74, 6) is -1.45. The van der Waals surface area contributed by atoms with E-state index in [0.717, 1.165) is 30.4 Å². The third-order valence-corrected chi connectivity index (χ3v) is 4.88. The lowest BCUT2D eigenvalue weighted by Gasteiger charge is -2.08. The SMILES string of the molecule is C=N/C=C(\C=NCCl)C1CC1c1cc(F)c(F)c2c1cnn2CCCC. The van der Waals surface area contributed by atoms with Gasteiger partial charge in [0.15, 0.2) is 11.6 Å². The largest absolute Gasteiger partial charge is 0.277 e. The first-order valence-electron chi connectivity index (χ1n) is 8.67. The highest BCUT2D eigenvalue weighted by Crippen LogP contribution is 2.53. The van der Waals surface area contributed by atoms with E-state index in [1.54, 1.807) is 23.3 Å². The fourth-order valence-corrected chi connectivity index (χ4v) is 3.45. The Bertz CT molecular complexity index is 872. The van der Waals surface area contributed by atoms with Crippen molar-refractivity contribution in [2.75, 3.05) is 6.00 Å². The van der Waals surface area contributed by atoms with Crippen LogP contribution in [-0.2, 0) is 6.54 Å². The molecule has 0 spiro atoms. The van der Waals surface area contributed by atoms with Gasteiger partial charge in [0.1, 0.15) is 11.5 Å². The number of aliphatic imine (C=N–C) groups is 2. The van der Waals surface area contributed by atoms with Crippen LogP contribution >= 0.6 is 11.6 Å². The highest BCUT2D eigenvalue weighted by Gasteiger charge is 2.42. The van der Waals surface area contributed by atoms with Gasteiger partial charge in [-0.25, -0.2) is 8.78 Å². The monoisotopic (exact) mass is 378 g/mol. The van der Waals surface area contributed by atoms with E-state index in [9.17, 15) is 8.78 Å². The van der Waals surface area contributed by atoms with Gasteiger partial charge < -0.3 is 0 Å². The lowest BCUT2D eigenvalue weighted by Crippen LogP contribution is -2.03. The molecule has 2 aromatic rings. The molecule has 7 heteroatoms. The number of benzene rings is 1. The Kier molecular flexibility index (Phi) is 5.81. The number of unbranched alkanes of at least 4 members (excludes halogenated alkanes) is 1. The molecule has 1 aromatic heterocycles. The average molecular weight is 379 g/mol. The fraction of sp³-hybridized carbons (Fsp3) is 0.421. The summed E-state index contributed by atoms with van der Waals surface area (Å²) in [5, 5.41) is 4.96. The van der Waals surface area contributed by atoms with Gasteiger partial charge in [-0.15, -0.1) is 11.6 Å². The van der Waals surface area contributed by atoms with Crippen molar-refractivity contribution in [3.05, 3.63) is 41.2 Å². The maximum Gasteiger partial charge on any atom is 0.184 e. The predicted octanol–water partition coefficient (Wildman–Crippen LogP) is 5.07. The molecule has 26 heavy (non-hydrogen) atoms. The van der Waals surface area contributed by atoms with Crippen molar-refractivity contribution in [3.8, 4) is 0 Å². The minimum absolute atomic E-state index is 0.0752. The third kappa shape index (κ3) is 3.56. The van der Waals surface area contributed by atoms with Gasteiger partial charge in [0, 0.05) is 24.3 Å². The molecule has 0 amide bonds. The summed E-state index contributed by atoms with van der Waals surface area (Å²) in [6.07, 6.45) is 7.59. The van der Waals surface area contributed by atoms with E-state index in [2.05, 4.69) is 21.8 Å². The number of nitrogens with zero attached hydrogens (tertiary/aromatic N) is 4. The smallest absolute Gasteiger partial charge is 0.184 e. The van der Waals surface area contributed by atoms with E-state index in [0.29, 0.717) is 11.9 Å². The molecule has 3 rings (SSSR count). The lowest BCUT2D eigenvalue weighted by molar-refractivity contribution is 0.502. The zero-order valence-corrected chi connectivity index (χ0v) is 15.4. The number of allylic oxidation sites excluding steroid dienone is 1. The molecule has 0 aliphatic heterocycles. The molecule has 0 N–H and O–H groups in total. The van der Waals surface area contributed by atoms with E-state index < -0.39 is 11.6 Å². The van der Waals surface area contributed by atoms with Gasteiger partial charge in [-0.3, -0.25) is 14.7 Å². The Balaban J connectivity index is 1.98. The summed E-state index contributed by atoms with van der Waals surface area (Å²) < 4.78 is 30.2. The van der Waals surface area contributed by atoms with E-state index in [4.69, 9.17) is 11.6 Å². The van der Waals surface area contributed by atoms with Crippen LogP contribution in [0.1, 0.15) is 37.7 Å². The number of fused-ring (bicyclic) bond motifs is 1. The van der Waals surface area contributed by atoms with Crippen LogP contribution in [-0.4, -0.2) is 28.7 Å². The number of rotatable bonds is 8. The highest BCUT2D eigenvalue weighted by atomic mass is 35.5. The Hall–Kier alpha value is -2.08. The van der Waals surface area contributed by atoms with Crippen molar-refractivity contribution in [3.63, 3.8) is 0 Å². The Morgan fingerprint density at radius 1 is 1.50 bits per heavy atom. The fourth-order valence-electron chi connectivity index (χ4n) is 3.38. The number of alkyl halides is 1. The summed E-state index contributed by atoms with van der Waals surface area (Å²) >= 11 is 5.61. The molecule has 0 saturated heterocycles. The van der Waals surface area contributed by atoms with Crippen LogP contribution in [0.3, 0.4) is 0 Å². The Labute approximate surface area is 156 Å². The van der Waals surface area contributed by atoms with E-state index >= 15 is 0 Å². The van der Waals surface area contributed by atoms with Crippen molar-refractivity contribution in [2.24, 2.45) is 15.9 Å². The average Bonchev–Trinajstić information content (AvgIpc) is 3.31. The maximum absolute atomic E-state index is 14.4. The molecule has 1 aliphatic carbocycles. The number of hydrogen-bond acceptors (Lipinski definition) is 3. The molecule has 1 heterocycles. The number of halogens is 3. The second kappa shape index (κ2) is 8.08. The first-order valence-corrected chi connectivity index (χ1v) is 9.20. The quantitative estimate of drug-likeness (QED) is 0.359. The number of aromatic nitrogens is 2. The van der Waals surface area contributed by atoms with Crippen LogP contribution in [0.5, 0.6) is 0 Å². The Morgan fingerprint density at radius 3 is 3.00 bits per heavy atom. The van der Waals surface area contributed by atoms with E-state index in [1.165, 1.54) is 6.07 Å². The molecule has 1 saturated carbocycles. The summed E-state index contributed by atoms with van der Waals surface area (Å²) in [6, 6.07) is 1.46. The van der Waals surface area contributed by atoms with Crippen LogP contribution in [0.2, 0.25) is 0 Å². The zero-order chi connectivity index (χ0) is 18.7. The third-order valence-electron chi connectivity index (χ3n) is 4.74. The van der Waals surface area contributed by atoms with Crippen LogP contribution in [0, 0.1) is 17.6 Å². The van der Waals surface area contributed by atoms with Crippen LogP contribution in [0.25, 0.3) is 10.9 Å². The first-order chi connectivity index (χ1) is 12.6. The minimum Gasteiger partial charge on any atom is -0.277 e. The van der Waals surface area contributed by atoms with Crippen molar-refractivity contribution in [2.45, 2.75) is 38.6 Å². The van der Waals surface area contributed by atoms with Crippen LogP contribution in [0.15, 0.2) is 34.0 Å². The summed E-state index contributed by atoms with van der Waals surface area (Å²) in [5.41, 5.74) is 1.92. The van der Waals surface area contributed by atoms with E-state index in [1.807, 2.05) is 6.92 Å². The summed E-state index contributed by atoms with van der Waals surface area (Å²) in [6.45, 7) is 6.10. The molecule has 0 radical (unpaired) electrons. The van der Waals surface area contributed by atoms with Crippen LogP contribution < -0.4 is 0 Å². The topological polar surface area (TPSA) is 42.5 Å². The normalized spacial score (nSPS) is 20.2. The molecule has 2 unspecified atom stereocenters. The molecule has 1 fully saturated rings. The number of aryl methyl sites for hydroxylation is 1. The highest BCUT2D eigenvalue weighted by molar-refractivity contribution is 6.18. The van der Waals surface area contributed by atoms with Crippen molar-refractivity contribution < 1.29 is 8.78 Å². The van der Waals surface area contributed by atoms with Gasteiger partial charge in [-0.05, 0) is 48.6 Å². The van der Waals surface area contributed by atoms with Crippen molar-refractivity contribution >= 4 is 35.4 Å². The van der Waals surface area contributed by atoms with Gasteiger partial charge in [-0.2, -0.15) is 5.10 Å². The molecule has 0 bridgehead atoms. The van der Waals surface area contributed by atoms with Crippen molar-refractivity contribution in [1.29, 1.82) is 0 Å². The van der Waals surface area contributed by atoms with Crippen molar-refractivity contribution in [1.82, 2.24) is 9.78 Å². The van der Waals surface area contributed by atoms with Gasteiger partial charge >= 0.3 is 0 Å². The lowest BCUT2D eigenvalue weighted by atomic mass is 10.0. The molecule has 1 aromatic carbocycles. The summed E-state index contributed by atoms with van der Waals surface area (Å²) in [4.78, 5) is 7.86. The molecular formula is C19H21ClF2N4. The predicted molar refractivity (Wildman–Crippen MR) is 102 cm³/mol. The van der Waals surface area contributed by atoms with Gasteiger partial charge in [-0.1, -0.05) is 13.3 Å². The zero-order valence-electron chi connectivity index (χ0n) is 14.6. The number of hydrogen-bond donors (Lipinski definition) is 0. The van der Waals surface area contributed by atoms with E-state index in [-0.39, 0.29) is 23.4 Å². The first kappa shape index (κ1) is 18.7. The standard InChI is InChI=1S/C19H21ClF2N4/c1-3-4-5-26-19-16(10-25-26)15(7-17(21)18(19)22)14-6-13(14)12(8-23-2)9-24-11-20/h7-10,13-14H,2-6,11H2,1H3/b12-8+,24-9?.